The summed E-state index contributed by atoms with van der Waals surface area (Å²) in [6.45, 7) is 3.49. The van der Waals surface area contributed by atoms with Gasteiger partial charge in [-0.05, 0) is 6.92 Å². The van der Waals surface area contributed by atoms with Crippen LogP contribution in [0, 0.1) is 17.0 Å². The van der Waals surface area contributed by atoms with Crippen LogP contribution in [0.1, 0.15) is 16.8 Å². The van der Waals surface area contributed by atoms with Gasteiger partial charge in [-0.15, -0.1) is 0 Å². The highest BCUT2D eigenvalue weighted by atomic mass is 16.6. The van der Waals surface area contributed by atoms with Gasteiger partial charge in [-0.25, -0.2) is 0 Å². The first-order valence-electron chi connectivity index (χ1n) is 6.59. The third-order valence-electron chi connectivity index (χ3n) is 3.87. The Hall–Kier alpha value is -2.21. The van der Waals surface area contributed by atoms with E-state index in [1.807, 2.05) is 17.8 Å². The Balaban J connectivity index is 2.19. The first kappa shape index (κ1) is 12.8. The fraction of sp³-hybridized carbons (Fsp3) is 0.357. The van der Waals surface area contributed by atoms with Gasteiger partial charge in [0, 0.05) is 55.0 Å². The van der Waals surface area contributed by atoms with Gasteiger partial charge in [-0.1, -0.05) is 12.1 Å². The minimum absolute atomic E-state index is 0.144. The predicted octanol–water partition coefficient (Wildman–Crippen LogP) is 1.95. The van der Waals surface area contributed by atoms with Crippen molar-refractivity contribution in [3.05, 3.63) is 45.1 Å². The quantitative estimate of drug-likeness (QED) is 0.670. The summed E-state index contributed by atoms with van der Waals surface area (Å²) in [7, 11) is 1.93. The molecular formula is C14H16N4O2. The van der Waals surface area contributed by atoms with Gasteiger partial charge in [0.2, 0.25) is 0 Å². The third kappa shape index (κ3) is 1.89. The van der Waals surface area contributed by atoms with Gasteiger partial charge in [0.05, 0.1) is 10.6 Å². The summed E-state index contributed by atoms with van der Waals surface area (Å²) in [5.74, 6) is 0. The Morgan fingerprint density at radius 3 is 3.00 bits per heavy atom. The van der Waals surface area contributed by atoms with Crippen LogP contribution < -0.4 is 5.32 Å². The summed E-state index contributed by atoms with van der Waals surface area (Å²) in [5.41, 5.74) is 4.89. The van der Waals surface area contributed by atoms with E-state index >= 15 is 0 Å². The van der Waals surface area contributed by atoms with E-state index in [4.69, 9.17) is 0 Å². The number of nitrogens with zero attached hydrogens (tertiary/aromatic N) is 3. The number of fused-ring (bicyclic) bond motifs is 1. The van der Waals surface area contributed by atoms with Gasteiger partial charge >= 0.3 is 0 Å². The lowest BCUT2D eigenvalue weighted by Gasteiger charge is -2.14. The fourth-order valence-corrected chi connectivity index (χ4v) is 2.82. The molecule has 0 amide bonds. The lowest BCUT2D eigenvalue weighted by Crippen LogP contribution is -2.24. The maximum atomic E-state index is 11.1. The lowest BCUT2D eigenvalue weighted by atomic mass is 9.98. The highest BCUT2D eigenvalue weighted by molar-refractivity contribution is 5.71. The van der Waals surface area contributed by atoms with E-state index in [-0.39, 0.29) is 10.6 Å². The molecule has 6 nitrogen and oxygen atoms in total. The topological polar surface area (TPSA) is 73.0 Å². The smallest absolute Gasteiger partial charge is 0.272 e. The van der Waals surface area contributed by atoms with Crippen molar-refractivity contribution >= 4 is 5.69 Å². The molecule has 1 aromatic carbocycles. The first-order valence-corrected chi connectivity index (χ1v) is 6.59. The maximum Gasteiger partial charge on any atom is 0.272 e. The van der Waals surface area contributed by atoms with Crippen molar-refractivity contribution in [3.8, 4) is 11.3 Å². The zero-order valence-corrected chi connectivity index (χ0v) is 11.5. The normalized spacial score (nSPS) is 14.1. The second kappa shape index (κ2) is 4.72. The van der Waals surface area contributed by atoms with Gasteiger partial charge < -0.3 is 5.32 Å². The molecule has 0 saturated carbocycles. The predicted molar refractivity (Wildman–Crippen MR) is 75.4 cm³/mol. The summed E-state index contributed by atoms with van der Waals surface area (Å²) < 4.78 is 1.89. The molecule has 1 aliphatic heterocycles. The van der Waals surface area contributed by atoms with Crippen molar-refractivity contribution in [1.29, 1.82) is 0 Å². The minimum atomic E-state index is -0.341. The number of nitrogens with one attached hydrogen (secondary N) is 1. The number of rotatable bonds is 2. The van der Waals surface area contributed by atoms with Crippen LogP contribution in [0.25, 0.3) is 11.3 Å². The molecule has 0 fully saturated rings. The second-order valence-corrected chi connectivity index (χ2v) is 5.03. The SMILES string of the molecule is Cc1c(-c2nn(C)c3c2CNCC3)cccc1[N+](=O)[O-]. The second-order valence-electron chi connectivity index (χ2n) is 5.03. The van der Waals surface area contributed by atoms with Crippen LogP contribution >= 0.6 is 0 Å². The Bertz CT molecular complexity index is 691. The number of hydrogen-bond donors (Lipinski definition) is 1. The van der Waals surface area contributed by atoms with Gasteiger partial charge in [0.25, 0.3) is 5.69 Å². The molecule has 1 aromatic heterocycles. The molecule has 6 heteroatoms. The molecule has 1 N–H and O–H groups in total. The molecule has 20 heavy (non-hydrogen) atoms. The molecule has 1 aliphatic rings. The molecule has 2 aromatic rings. The van der Waals surface area contributed by atoms with Crippen molar-refractivity contribution in [2.24, 2.45) is 7.05 Å². The van der Waals surface area contributed by atoms with Gasteiger partial charge in [0.1, 0.15) is 0 Å². The summed E-state index contributed by atoms with van der Waals surface area (Å²) in [4.78, 5) is 10.7. The molecule has 0 bridgehead atoms. The Labute approximate surface area is 116 Å². The monoisotopic (exact) mass is 272 g/mol. The van der Waals surface area contributed by atoms with Crippen LogP contribution in [0.3, 0.4) is 0 Å². The largest absolute Gasteiger partial charge is 0.312 e. The van der Waals surface area contributed by atoms with E-state index in [1.54, 1.807) is 13.0 Å². The molecule has 0 atom stereocenters. The summed E-state index contributed by atoms with van der Waals surface area (Å²) in [6, 6.07) is 5.16. The lowest BCUT2D eigenvalue weighted by molar-refractivity contribution is -0.385. The van der Waals surface area contributed by atoms with Gasteiger partial charge in [-0.2, -0.15) is 5.10 Å². The van der Waals surface area contributed by atoms with E-state index in [0.29, 0.717) is 5.56 Å². The van der Waals surface area contributed by atoms with Crippen LogP contribution in [0.5, 0.6) is 0 Å². The number of aromatic nitrogens is 2. The molecule has 0 saturated heterocycles. The van der Waals surface area contributed by atoms with Crippen LogP contribution in [0.15, 0.2) is 18.2 Å². The van der Waals surface area contributed by atoms with Crippen LogP contribution in [-0.4, -0.2) is 21.2 Å². The van der Waals surface area contributed by atoms with E-state index < -0.39 is 0 Å². The minimum Gasteiger partial charge on any atom is -0.312 e. The average Bonchev–Trinajstić information content (AvgIpc) is 2.77. The molecule has 0 spiro atoms. The Morgan fingerprint density at radius 1 is 1.45 bits per heavy atom. The van der Waals surface area contributed by atoms with E-state index in [9.17, 15) is 10.1 Å². The van der Waals surface area contributed by atoms with Crippen molar-refractivity contribution < 1.29 is 4.92 Å². The molecule has 0 unspecified atom stereocenters. The maximum absolute atomic E-state index is 11.1. The molecule has 104 valence electrons. The zero-order chi connectivity index (χ0) is 14.3. The number of aryl methyl sites for hydroxylation is 1. The summed E-state index contributed by atoms with van der Waals surface area (Å²) >= 11 is 0. The van der Waals surface area contributed by atoms with Crippen molar-refractivity contribution in [1.82, 2.24) is 15.1 Å². The summed E-state index contributed by atoms with van der Waals surface area (Å²) in [6.07, 6.45) is 0.937. The van der Waals surface area contributed by atoms with Gasteiger partial charge in [-0.3, -0.25) is 14.8 Å². The van der Waals surface area contributed by atoms with Crippen LogP contribution in [0.4, 0.5) is 5.69 Å². The van der Waals surface area contributed by atoms with Crippen LogP contribution in [-0.2, 0) is 20.0 Å². The first-order chi connectivity index (χ1) is 9.59. The van der Waals surface area contributed by atoms with E-state index in [0.717, 1.165) is 36.3 Å². The molecular weight excluding hydrogens is 256 g/mol. The number of nitro benzene ring substituents is 1. The standard InChI is InChI=1S/C14H16N4O2/c1-9-10(4-3-5-12(9)18(19)20)14-11-8-15-7-6-13(11)17(2)16-14/h3-5,15H,6-8H2,1-2H3. The Kier molecular flexibility index (Phi) is 3.02. The number of benzene rings is 1. The van der Waals surface area contributed by atoms with Crippen molar-refractivity contribution in [3.63, 3.8) is 0 Å². The molecule has 0 radical (unpaired) electrons. The fourth-order valence-electron chi connectivity index (χ4n) is 2.82. The Morgan fingerprint density at radius 2 is 2.25 bits per heavy atom. The summed E-state index contributed by atoms with van der Waals surface area (Å²) in [5, 5.41) is 19.0. The highest BCUT2D eigenvalue weighted by Gasteiger charge is 2.23. The van der Waals surface area contributed by atoms with E-state index in [1.165, 1.54) is 11.8 Å². The van der Waals surface area contributed by atoms with Crippen LogP contribution in [0.2, 0.25) is 0 Å². The van der Waals surface area contributed by atoms with Crippen molar-refractivity contribution in [2.75, 3.05) is 6.54 Å². The molecule has 0 aliphatic carbocycles. The van der Waals surface area contributed by atoms with Gasteiger partial charge in [0.15, 0.2) is 0 Å². The molecule has 3 rings (SSSR count). The number of nitro groups is 1. The average molecular weight is 272 g/mol. The van der Waals surface area contributed by atoms with Crippen molar-refractivity contribution in [2.45, 2.75) is 19.9 Å². The number of hydrogen-bond acceptors (Lipinski definition) is 4. The highest BCUT2D eigenvalue weighted by Crippen LogP contribution is 2.33. The molecule has 2 heterocycles. The zero-order valence-electron chi connectivity index (χ0n) is 11.5. The third-order valence-corrected chi connectivity index (χ3v) is 3.87. The van der Waals surface area contributed by atoms with E-state index in [2.05, 4.69) is 10.4 Å².